The Hall–Kier alpha value is -2.98. The van der Waals surface area contributed by atoms with E-state index in [9.17, 15) is 14.9 Å². The summed E-state index contributed by atoms with van der Waals surface area (Å²) in [5.41, 5.74) is 0.190. The zero-order valence-electron chi connectivity index (χ0n) is 16.7. The molecule has 1 aromatic heterocycles. The molecule has 0 bridgehead atoms. The van der Waals surface area contributed by atoms with Crippen molar-refractivity contribution in [1.82, 2.24) is 19.8 Å². The van der Waals surface area contributed by atoms with E-state index in [4.69, 9.17) is 16.3 Å². The largest absolute Gasteiger partial charge is 0.485 e. The van der Waals surface area contributed by atoms with Crippen LogP contribution in [0.25, 0.3) is 0 Å². The van der Waals surface area contributed by atoms with Gasteiger partial charge in [0, 0.05) is 43.4 Å². The molecule has 1 aliphatic rings. The van der Waals surface area contributed by atoms with Crippen LogP contribution in [0.5, 0.6) is 5.75 Å². The number of nitrogens with one attached hydrogen (secondary N) is 1. The Morgan fingerprint density at radius 1 is 1.40 bits per heavy atom. The molecule has 0 spiro atoms. The molecule has 1 aromatic carbocycles. The summed E-state index contributed by atoms with van der Waals surface area (Å²) < 4.78 is 5.58. The van der Waals surface area contributed by atoms with Gasteiger partial charge in [-0.25, -0.2) is 9.97 Å². The monoisotopic (exact) mass is 434 g/mol. The van der Waals surface area contributed by atoms with Crippen molar-refractivity contribution in [3.63, 3.8) is 0 Å². The maximum atomic E-state index is 12.9. The van der Waals surface area contributed by atoms with Crippen molar-refractivity contribution in [2.75, 3.05) is 45.7 Å². The normalized spacial score (nSPS) is 16.0. The third kappa shape index (κ3) is 5.55. The zero-order valence-corrected chi connectivity index (χ0v) is 17.5. The van der Waals surface area contributed by atoms with Gasteiger partial charge in [0.05, 0.1) is 22.3 Å². The standard InChI is InChI=1S/C19H23ClN6O4/c1-24(2)7-8-30-17-9-13(3-4-16(17)26(28)29)18(27)25-6-5-15(12-25)23-19-21-10-14(20)11-22-19/h3-4,9-11,15H,5-8,12H2,1-2H3,(H,21,22,23)/t15-/m0/s1. The van der Waals surface area contributed by atoms with Crippen LogP contribution >= 0.6 is 11.6 Å². The predicted molar refractivity (Wildman–Crippen MR) is 112 cm³/mol. The van der Waals surface area contributed by atoms with Crippen LogP contribution < -0.4 is 10.1 Å². The average molecular weight is 435 g/mol. The Kier molecular flexibility index (Phi) is 7.01. The first-order valence-electron chi connectivity index (χ1n) is 9.43. The van der Waals surface area contributed by atoms with Crippen molar-refractivity contribution in [3.8, 4) is 5.75 Å². The van der Waals surface area contributed by atoms with E-state index < -0.39 is 4.92 Å². The smallest absolute Gasteiger partial charge is 0.310 e. The lowest BCUT2D eigenvalue weighted by Gasteiger charge is -2.18. The fraction of sp³-hybridized carbons (Fsp3) is 0.421. The highest BCUT2D eigenvalue weighted by Crippen LogP contribution is 2.29. The van der Waals surface area contributed by atoms with E-state index in [-0.39, 0.29) is 30.0 Å². The summed E-state index contributed by atoms with van der Waals surface area (Å²) in [6, 6.07) is 4.22. The Morgan fingerprint density at radius 3 is 2.80 bits per heavy atom. The first-order chi connectivity index (χ1) is 14.3. The summed E-state index contributed by atoms with van der Waals surface area (Å²) in [4.78, 5) is 35.5. The lowest BCUT2D eigenvalue weighted by Crippen LogP contribution is -2.32. The average Bonchev–Trinajstić information content (AvgIpc) is 3.17. The highest BCUT2D eigenvalue weighted by Gasteiger charge is 2.28. The van der Waals surface area contributed by atoms with Crippen molar-refractivity contribution in [3.05, 3.63) is 51.3 Å². The van der Waals surface area contributed by atoms with Crippen molar-refractivity contribution >= 4 is 29.1 Å². The van der Waals surface area contributed by atoms with Crippen molar-refractivity contribution in [2.24, 2.45) is 0 Å². The van der Waals surface area contributed by atoms with Crippen LogP contribution in [-0.4, -0.2) is 77.0 Å². The van der Waals surface area contributed by atoms with E-state index in [2.05, 4.69) is 15.3 Å². The molecule has 1 atom stereocenters. The third-order valence-electron chi connectivity index (χ3n) is 4.63. The quantitative estimate of drug-likeness (QED) is 0.497. The number of nitro groups is 1. The molecule has 1 amide bonds. The SMILES string of the molecule is CN(C)CCOc1cc(C(=O)N2CC[C@H](Nc3ncc(Cl)cn3)C2)ccc1[N+](=O)[O-]. The number of likely N-dealkylation sites (tertiary alicyclic amines) is 1. The van der Waals surface area contributed by atoms with E-state index in [1.54, 1.807) is 4.90 Å². The minimum absolute atomic E-state index is 0.00369. The second-order valence-corrected chi connectivity index (χ2v) is 7.63. The van der Waals surface area contributed by atoms with Gasteiger partial charge < -0.3 is 19.9 Å². The van der Waals surface area contributed by atoms with Crippen LogP contribution in [0.4, 0.5) is 11.6 Å². The summed E-state index contributed by atoms with van der Waals surface area (Å²) in [6.45, 7) is 1.90. The van der Waals surface area contributed by atoms with Gasteiger partial charge in [-0.05, 0) is 26.6 Å². The molecule has 0 unspecified atom stereocenters. The molecule has 0 saturated carbocycles. The number of ether oxygens (including phenoxy) is 1. The Bertz CT molecular complexity index is 908. The van der Waals surface area contributed by atoms with Crippen LogP contribution in [-0.2, 0) is 0 Å². The summed E-state index contributed by atoms with van der Waals surface area (Å²) in [7, 11) is 3.76. The molecule has 30 heavy (non-hydrogen) atoms. The molecule has 0 radical (unpaired) electrons. The second kappa shape index (κ2) is 9.68. The van der Waals surface area contributed by atoms with Gasteiger partial charge >= 0.3 is 5.69 Å². The van der Waals surface area contributed by atoms with Gasteiger partial charge in [-0.3, -0.25) is 14.9 Å². The molecule has 0 aliphatic carbocycles. The van der Waals surface area contributed by atoms with Crippen LogP contribution in [0.2, 0.25) is 5.02 Å². The number of anilines is 1. The first kappa shape index (κ1) is 21.7. The number of amides is 1. The fourth-order valence-corrected chi connectivity index (χ4v) is 3.16. The molecule has 2 heterocycles. The number of nitrogens with zero attached hydrogens (tertiary/aromatic N) is 5. The van der Waals surface area contributed by atoms with Crippen LogP contribution in [0, 0.1) is 10.1 Å². The number of hydrogen-bond acceptors (Lipinski definition) is 8. The zero-order chi connectivity index (χ0) is 21.7. The highest BCUT2D eigenvalue weighted by atomic mass is 35.5. The van der Waals surface area contributed by atoms with Gasteiger partial charge in [-0.2, -0.15) is 0 Å². The summed E-state index contributed by atoms with van der Waals surface area (Å²) in [5, 5.41) is 14.9. The maximum absolute atomic E-state index is 12.9. The molecule has 2 aromatic rings. The second-order valence-electron chi connectivity index (χ2n) is 7.20. The predicted octanol–water partition coefficient (Wildman–Crippen LogP) is 2.31. The lowest BCUT2D eigenvalue weighted by atomic mass is 10.1. The molecule has 1 fully saturated rings. The fourth-order valence-electron chi connectivity index (χ4n) is 3.07. The first-order valence-corrected chi connectivity index (χ1v) is 9.80. The maximum Gasteiger partial charge on any atom is 0.310 e. The number of rotatable bonds is 8. The highest BCUT2D eigenvalue weighted by molar-refractivity contribution is 6.30. The van der Waals surface area contributed by atoms with E-state index in [1.165, 1.54) is 30.6 Å². The minimum Gasteiger partial charge on any atom is -0.485 e. The van der Waals surface area contributed by atoms with Crippen LogP contribution in [0.1, 0.15) is 16.8 Å². The van der Waals surface area contributed by atoms with Crippen molar-refractivity contribution in [2.45, 2.75) is 12.5 Å². The molecule has 160 valence electrons. The minimum atomic E-state index is -0.513. The number of carbonyl (C=O) groups excluding carboxylic acids is 1. The van der Waals surface area contributed by atoms with E-state index in [0.29, 0.717) is 36.2 Å². The summed E-state index contributed by atoms with van der Waals surface area (Å²) >= 11 is 5.79. The Labute approximate surface area is 179 Å². The van der Waals surface area contributed by atoms with Gasteiger partial charge in [0.2, 0.25) is 5.95 Å². The van der Waals surface area contributed by atoms with Gasteiger partial charge in [0.1, 0.15) is 6.61 Å². The number of nitro benzene ring substituents is 1. The molecule has 10 nitrogen and oxygen atoms in total. The van der Waals surface area contributed by atoms with Crippen LogP contribution in [0.15, 0.2) is 30.6 Å². The van der Waals surface area contributed by atoms with E-state index >= 15 is 0 Å². The Balaban J connectivity index is 1.66. The molecule has 1 N–H and O–H groups in total. The van der Waals surface area contributed by atoms with Gasteiger partial charge in [-0.1, -0.05) is 11.6 Å². The topological polar surface area (TPSA) is 114 Å². The van der Waals surface area contributed by atoms with Crippen LogP contribution in [0.3, 0.4) is 0 Å². The molecule has 1 aliphatic heterocycles. The molecular formula is C19H23ClN6O4. The third-order valence-corrected chi connectivity index (χ3v) is 4.82. The molecule has 3 rings (SSSR count). The number of likely N-dealkylation sites (N-methyl/N-ethyl adjacent to an activating group) is 1. The van der Waals surface area contributed by atoms with Gasteiger partial charge in [-0.15, -0.1) is 0 Å². The molecule has 11 heteroatoms. The van der Waals surface area contributed by atoms with Gasteiger partial charge in [0.15, 0.2) is 5.75 Å². The van der Waals surface area contributed by atoms with E-state index in [1.807, 2.05) is 19.0 Å². The number of hydrogen-bond donors (Lipinski definition) is 1. The number of halogens is 1. The lowest BCUT2D eigenvalue weighted by molar-refractivity contribution is -0.385. The molecule has 1 saturated heterocycles. The Morgan fingerprint density at radius 2 is 2.13 bits per heavy atom. The summed E-state index contributed by atoms with van der Waals surface area (Å²) in [5.74, 6) is 0.338. The van der Waals surface area contributed by atoms with Gasteiger partial charge in [0.25, 0.3) is 5.91 Å². The van der Waals surface area contributed by atoms with Crippen molar-refractivity contribution < 1.29 is 14.5 Å². The number of benzene rings is 1. The van der Waals surface area contributed by atoms with Crippen molar-refractivity contribution in [1.29, 1.82) is 0 Å². The number of aromatic nitrogens is 2. The molecular weight excluding hydrogens is 412 g/mol. The van der Waals surface area contributed by atoms with E-state index in [0.717, 1.165) is 6.42 Å². The summed E-state index contributed by atoms with van der Waals surface area (Å²) in [6.07, 6.45) is 3.74. The number of carbonyl (C=O) groups is 1.